The summed E-state index contributed by atoms with van der Waals surface area (Å²) in [5.74, 6) is 1.43. The lowest BCUT2D eigenvalue weighted by molar-refractivity contribution is -0.0737. The van der Waals surface area contributed by atoms with E-state index in [0.717, 1.165) is 15.1 Å². The Balaban J connectivity index is 3.16. The van der Waals surface area contributed by atoms with Gasteiger partial charge in [0.25, 0.3) is 0 Å². The molecule has 5 heteroatoms. The molecular formula is C10H14BrNO3. The maximum Gasteiger partial charge on any atom is 0.133 e. The van der Waals surface area contributed by atoms with Crippen LogP contribution in [0.3, 0.4) is 0 Å². The SMILES string of the molecule is COc1ccc(OC)c(CN(C)O)c1Br. The summed E-state index contributed by atoms with van der Waals surface area (Å²) >= 11 is 3.42. The quantitative estimate of drug-likeness (QED) is 0.857. The molecule has 0 aliphatic carbocycles. The summed E-state index contributed by atoms with van der Waals surface area (Å²) in [6.45, 7) is 0.362. The lowest BCUT2D eigenvalue weighted by Gasteiger charge is -2.15. The van der Waals surface area contributed by atoms with Gasteiger partial charge in [-0.3, -0.25) is 0 Å². The molecule has 1 N–H and O–H groups in total. The van der Waals surface area contributed by atoms with E-state index in [-0.39, 0.29) is 0 Å². The Kier molecular flexibility index (Phi) is 4.38. The van der Waals surface area contributed by atoms with Gasteiger partial charge in [0.05, 0.1) is 25.2 Å². The van der Waals surface area contributed by atoms with Gasteiger partial charge in [0.1, 0.15) is 11.5 Å². The minimum Gasteiger partial charge on any atom is -0.496 e. The van der Waals surface area contributed by atoms with E-state index in [1.807, 2.05) is 12.1 Å². The van der Waals surface area contributed by atoms with Crippen LogP contribution >= 0.6 is 15.9 Å². The summed E-state index contributed by atoms with van der Waals surface area (Å²) in [5.41, 5.74) is 0.849. The van der Waals surface area contributed by atoms with Gasteiger partial charge in [0, 0.05) is 12.6 Å². The largest absolute Gasteiger partial charge is 0.496 e. The Labute approximate surface area is 97.5 Å². The molecule has 0 aromatic heterocycles. The number of nitrogens with zero attached hydrogens (tertiary/aromatic N) is 1. The van der Waals surface area contributed by atoms with Gasteiger partial charge in [-0.25, -0.2) is 0 Å². The third-order valence-corrected chi connectivity index (χ3v) is 2.86. The first-order chi connectivity index (χ1) is 7.10. The second kappa shape index (κ2) is 5.34. The number of hydrogen-bond donors (Lipinski definition) is 1. The van der Waals surface area contributed by atoms with E-state index in [2.05, 4.69) is 15.9 Å². The lowest BCUT2D eigenvalue weighted by atomic mass is 10.2. The van der Waals surface area contributed by atoms with Gasteiger partial charge in [-0.1, -0.05) is 0 Å². The second-order valence-electron chi connectivity index (χ2n) is 3.08. The Morgan fingerprint density at radius 1 is 1.27 bits per heavy atom. The van der Waals surface area contributed by atoms with Crippen LogP contribution in [0.25, 0.3) is 0 Å². The molecule has 0 saturated carbocycles. The molecule has 0 atom stereocenters. The molecule has 84 valence electrons. The average Bonchev–Trinajstić information content (AvgIpc) is 2.20. The Hall–Kier alpha value is -0.780. The molecule has 0 amide bonds. The average molecular weight is 276 g/mol. The second-order valence-corrected chi connectivity index (χ2v) is 3.87. The molecular weight excluding hydrogens is 262 g/mol. The van der Waals surface area contributed by atoms with Crippen LogP contribution in [0.15, 0.2) is 16.6 Å². The van der Waals surface area contributed by atoms with Gasteiger partial charge in [-0.05, 0) is 28.1 Å². The molecule has 0 heterocycles. The van der Waals surface area contributed by atoms with Crippen molar-refractivity contribution >= 4 is 15.9 Å². The molecule has 0 radical (unpaired) electrons. The predicted molar refractivity (Wildman–Crippen MR) is 60.5 cm³/mol. The number of rotatable bonds is 4. The van der Waals surface area contributed by atoms with Crippen LogP contribution in [0.4, 0.5) is 0 Å². The highest BCUT2D eigenvalue weighted by molar-refractivity contribution is 9.10. The predicted octanol–water partition coefficient (Wildman–Crippen LogP) is 2.29. The molecule has 1 rings (SSSR count). The highest BCUT2D eigenvalue weighted by Gasteiger charge is 2.13. The third kappa shape index (κ3) is 2.84. The fourth-order valence-corrected chi connectivity index (χ4v) is 1.92. The number of methoxy groups -OCH3 is 2. The fraction of sp³-hybridized carbons (Fsp3) is 0.400. The van der Waals surface area contributed by atoms with Crippen molar-refractivity contribution in [3.63, 3.8) is 0 Å². The minimum absolute atomic E-state index is 0.362. The Morgan fingerprint density at radius 2 is 1.80 bits per heavy atom. The zero-order valence-corrected chi connectivity index (χ0v) is 10.5. The van der Waals surface area contributed by atoms with Crippen LogP contribution < -0.4 is 9.47 Å². The first-order valence-corrected chi connectivity index (χ1v) is 5.18. The molecule has 0 spiro atoms. The van der Waals surface area contributed by atoms with E-state index < -0.39 is 0 Å². The van der Waals surface area contributed by atoms with Crippen molar-refractivity contribution in [2.75, 3.05) is 21.3 Å². The summed E-state index contributed by atoms with van der Waals surface area (Å²) < 4.78 is 11.2. The number of halogens is 1. The van der Waals surface area contributed by atoms with E-state index in [9.17, 15) is 5.21 Å². The topological polar surface area (TPSA) is 41.9 Å². The molecule has 0 fully saturated rings. The van der Waals surface area contributed by atoms with Crippen molar-refractivity contribution in [2.24, 2.45) is 0 Å². The van der Waals surface area contributed by atoms with E-state index in [1.165, 1.54) is 0 Å². The summed E-state index contributed by atoms with van der Waals surface area (Å²) in [5, 5.41) is 10.3. The van der Waals surface area contributed by atoms with E-state index in [1.54, 1.807) is 21.3 Å². The van der Waals surface area contributed by atoms with Crippen molar-refractivity contribution in [3.8, 4) is 11.5 Å². The van der Waals surface area contributed by atoms with Gasteiger partial charge < -0.3 is 14.7 Å². The summed E-state index contributed by atoms with van der Waals surface area (Å²) in [4.78, 5) is 0. The van der Waals surface area contributed by atoms with Crippen molar-refractivity contribution in [1.29, 1.82) is 0 Å². The molecule has 0 unspecified atom stereocenters. The highest BCUT2D eigenvalue weighted by atomic mass is 79.9. The van der Waals surface area contributed by atoms with E-state index in [4.69, 9.17) is 9.47 Å². The number of hydroxylamine groups is 2. The molecule has 0 saturated heterocycles. The molecule has 15 heavy (non-hydrogen) atoms. The Morgan fingerprint density at radius 3 is 2.27 bits per heavy atom. The highest BCUT2D eigenvalue weighted by Crippen LogP contribution is 2.35. The smallest absolute Gasteiger partial charge is 0.133 e. The standard InChI is InChI=1S/C10H14BrNO3/c1-12(13)6-7-8(14-2)4-5-9(15-3)10(7)11/h4-5,13H,6H2,1-3H3. The van der Waals surface area contributed by atoms with Crippen LogP contribution in [-0.2, 0) is 6.54 Å². The first kappa shape index (κ1) is 12.3. The van der Waals surface area contributed by atoms with Crippen LogP contribution in [-0.4, -0.2) is 31.5 Å². The summed E-state index contributed by atoms with van der Waals surface area (Å²) in [6.07, 6.45) is 0. The van der Waals surface area contributed by atoms with Crippen LogP contribution in [0.1, 0.15) is 5.56 Å². The fourth-order valence-electron chi connectivity index (χ4n) is 1.31. The van der Waals surface area contributed by atoms with E-state index >= 15 is 0 Å². The van der Waals surface area contributed by atoms with Gasteiger partial charge >= 0.3 is 0 Å². The first-order valence-electron chi connectivity index (χ1n) is 4.39. The van der Waals surface area contributed by atoms with E-state index in [0.29, 0.717) is 18.0 Å². The van der Waals surface area contributed by atoms with Crippen molar-refractivity contribution < 1.29 is 14.7 Å². The lowest BCUT2D eigenvalue weighted by Crippen LogP contribution is -2.13. The third-order valence-electron chi connectivity index (χ3n) is 1.99. The Bertz CT molecular complexity index is 342. The monoisotopic (exact) mass is 275 g/mol. The molecule has 1 aromatic rings. The number of hydrogen-bond acceptors (Lipinski definition) is 4. The number of benzene rings is 1. The van der Waals surface area contributed by atoms with Crippen LogP contribution in [0.2, 0.25) is 0 Å². The normalized spacial score (nSPS) is 10.5. The van der Waals surface area contributed by atoms with Gasteiger partial charge in [-0.15, -0.1) is 0 Å². The molecule has 4 nitrogen and oxygen atoms in total. The molecule has 0 aliphatic heterocycles. The molecule has 0 aliphatic rings. The van der Waals surface area contributed by atoms with Crippen molar-refractivity contribution in [2.45, 2.75) is 6.54 Å². The summed E-state index contributed by atoms with van der Waals surface area (Å²) in [7, 11) is 4.76. The zero-order chi connectivity index (χ0) is 11.4. The van der Waals surface area contributed by atoms with Gasteiger partial charge in [-0.2, -0.15) is 5.06 Å². The van der Waals surface area contributed by atoms with Crippen molar-refractivity contribution in [1.82, 2.24) is 5.06 Å². The molecule has 1 aromatic carbocycles. The van der Waals surface area contributed by atoms with Crippen molar-refractivity contribution in [3.05, 3.63) is 22.2 Å². The number of ether oxygens (including phenoxy) is 2. The molecule has 0 bridgehead atoms. The van der Waals surface area contributed by atoms with Gasteiger partial charge in [0.15, 0.2) is 0 Å². The van der Waals surface area contributed by atoms with Crippen LogP contribution in [0.5, 0.6) is 11.5 Å². The maximum absolute atomic E-state index is 9.23. The minimum atomic E-state index is 0.362. The van der Waals surface area contributed by atoms with Crippen LogP contribution in [0, 0.1) is 0 Å². The summed E-state index contributed by atoms with van der Waals surface area (Å²) in [6, 6.07) is 3.62. The zero-order valence-electron chi connectivity index (χ0n) is 8.95. The maximum atomic E-state index is 9.23. The van der Waals surface area contributed by atoms with Gasteiger partial charge in [0.2, 0.25) is 0 Å².